The van der Waals surface area contributed by atoms with Crippen molar-refractivity contribution in [1.29, 1.82) is 0 Å². The molecule has 3 rings (SSSR count). The van der Waals surface area contributed by atoms with Gasteiger partial charge in [-0.3, -0.25) is 15.1 Å². The molecule has 0 spiro atoms. The van der Waals surface area contributed by atoms with Crippen molar-refractivity contribution in [3.63, 3.8) is 0 Å². The molecule has 2 heterocycles. The van der Waals surface area contributed by atoms with Crippen LogP contribution in [-0.4, -0.2) is 35.7 Å². The number of hydrogen-bond acceptors (Lipinski definition) is 5. The van der Waals surface area contributed by atoms with Gasteiger partial charge in [0, 0.05) is 49.2 Å². The highest BCUT2D eigenvalue weighted by atomic mass is 16.6. The molecule has 1 fully saturated rings. The van der Waals surface area contributed by atoms with Gasteiger partial charge in [-0.15, -0.1) is 0 Å². The van der Waals surface area contributed by atoms with E-state index < -0.39 is 0 Å². The van der Waals surface area contributed by atoms with E-state index in [1.807, 2.05) is 12.1 Å². The Labute approximate surface area is 128 Å². The van der Waals surface area contributed by atoms with E-state index >= 15 is 0 Å². The molecule has 0 aliphatic carbocycles. The van der Waals surface area contributed by atoms with E-state index in [0.29, 0.717) is 5.39 Å². The van der Waals surface area contributed by atoms with Crippen molar-refractivity contribution >= 4 is 22.1 Å². The van der Waals surface area contributed by atoms with Crippen LogP contribution in [-0.2, 0) is 4.74 Å². The van der Waals surface area contributed by atoms with Crippen molar-refractivity contribution in [2.45, 2.75) is 25.9 Å². The van der Waals surface area contributed by atoms with Crippen LogP contribution in [0.2, 0.25) is 0 Å². The molecule has 6 heteroatoms. The highest BCUT2D eigenvalue weighted by molar-refractivity contribution is 5.99. The third kappa shape index (κ3) is 2.74. The smallest absolute Gasteiger partial charge is 0.278 e. The molecule has 1 aliphatic rings. The van der Waals surface area contributed by atoms with Crippen LogP contribution in [0, 0.1) is 10.1 Å². The largest absolute Gasteiger partial charge is 0.376 e. The highest BCUT2D eigenvalue weighted by Gasteiger charge is 2.21. The Bertz CT molecular complexity index is 683. The van der Waals surface area contributed by atoms with Crippen LogP contribution in [0.5, 0.6) is 0 Å². The summed E-state index contributed by atoms with van der Waals surface area (Å²) in [5.41, 5.74) is 1.10. The monoisotopic (exact) mass is 301 g/mol. The van der Waals surface area contributed by atoms with Gasteiger partial charge in [0.2, 0.25) is 0 Å². The maximum Gasteiger partial charge on any atom is 0.278 e. The van der Waals surface area contributed by atoms with E-state index in [1.165, 1.54) is 0 Å². The molecular weight excluding hydrogens is 282 g/mol. The summed E-state index contributed by atoms with van der Waals surface area (Å²) >= 11 is 0. The number of pyridine rings is 1. The zero-order valence-electron chi connectivity index (χ0n) is 12.6. The van der Waals surface area contributed by atoms with E-state index in [4.69, 9.17) is 4.74 Å². The number of anilines is 1. The van der Waals surface area contributed by atoms with Crippen LogP contribution in [0.3, 0.4) is 0 Å². The SMILES string of the molecule is CCN(CC1CCCO1)c1ccc([N+](=O)[O-])c2cnccc12. The minimum Gasteiger partial charge on any atom is -0.376 e. The van der Waals surface area contributed by atoms with Crippen molar-refractivity contribution in [1.82, 2.24) is 4.98 Å². The van der Waals surface area contributed by atoms with Gasteiger partial charge in [0.1, 0.15) is 0 Å². The molecule has 0 radical (unpaired) electrons. The third-order valence-electron chi connectivity index (χ3n) is 4.14. The first-order valence-corrected chi connectivity index (χ1v) is 7.58. The number of nitro benzene ring substituents is 1. The average molecular weight is 301 g/mol. The fourth-order valence-corrected chi connectivity index (χ4v) is 3.03. The topological polar surface area (TPSA) is 68.5 Å². The Balaban J connectivity index is 2.01. The number of aromatic nitrogens is 1. The number of ether oxygens (including phenoxy) is 1. The second-order valence-corrected chi connectivity index (χ2v) is 5.46. The summed E-state index contributed by atoms with van der Waals surface area (Å²) in [4.78, 5) is 17.1. The molecule has 1 aromatic heterocycles. The Morgan fingerprint density at radius 3 is 2.95 bits per heavy atom. The van der Waals surface area contributed by atoms with Crippen molar-refractivity contribution in [2.24, 2.45) is 0 Å². The lowest BCUT2D eigenvalue weighted by Gasteiger charge is -2.27. The number of likely N-dealkylation sites (N-methyl/N-ethyl adjacent to an activating group) is 1. The lowest BCUT2D eigenvalue weighted by atomic mass is 10.1. The molecule has 1 saturated heterocycles. The summed E-state index contributed by atoms with van der Waals surface area (Å²) in [6.45, 7) is 4.55. The summed E-state index contributed by atoms with van der Waals surface area (Å²) in [5.74, 6) is 0. The maximum absolute atomic E-state index is 11.2. The number of rotatable bonds is 5. The molecule has 1 atom stereocenters. The van der Waals surface area contributed by atoms with Gasteiger partial charge in [-0.2, -0.15) is 0 Å². The zero-order valence-corrected chi connectivity index (χ0v) is 12.6. The van der Waals surface area contributed by atoms with Gasteiger partial charge in [-0.25, -0.2) is 0 Å². The molecule has 22 heavy (non-hydrogen) atoms. The van der Waals surface area contributed by atoms with Gasteiger partial charge in [0.25, 0.3) is 5.69 Å². The van der Waals surface area contributed by atoms with Gasteiger partial charge in [0.15, 0.2) is 0 Å². The first kappa shape index (κ1) is 14.7. The number of benzene rings is 1. The normalized spacial score (nSPS) is 17.8. The molecule has 0 amide bonds. The highest BCUT2D eigenvalue weighted by Crippen LogP contribution is 2.33. The Kier molecular flexibility index (Phi) is 4.20. The van der Waals surface area contributed by atoms with Gasteiger partial charge in [-0.1, -0.05) is 0 Å². The molecule has 1 unspecified atom stereocenters. The number of nitro groups is 1. The molecule has 0 bridgehead atoms. The number of hydrogen-bond donors (Lipinski definition) is 0. The maximum atomic E-state index is 11.2. The van der Waals surface area contributed by atoms with Crippen LogP contribution in [0.1, 0.15) is 19.8 Å². The van der Waals surface area contributed by atoms with E-state index in [9.17, 15) is 10.1 Å². The van der Waals surface area contributed by atoms with Gasteiger partial charge < -0.3 is 9.64 Å². The van der Waals surface area contributed by atoms with Crippen LogP contribution in [0.15, 0.2) is 30.6 Å². The standard InChI is InChI=1S/C16H19N3O3/c1-2-18(11-12-4-3-9-22-12)15-5-6-16(19(20)21)14-10-17-8-7-13(14)15/h5-8,10,12H,2-4,9,11H2,1H3. The third-order valence-corrected chi connectivity index (χ3v) is 4.14. The zero-order chi connectivity index (χ0) is 15.5. The lowest BCUT2D eigenvalue weighted by Crippen LogP contribution is -2.32. The Morgan fingerprint density at radius 2 is 2.27 bits per heavy atom. The second-order valence-electron chi connectivity index (χ2n) is 5.46. The first-order valence-electron chi connectivity index (χ1n) is 7.58. The van der Waals surface area contributed by atoms with Gasteiger partial charge in [-0.05, 0) is 31.9 Å². The second kappa shape index (κ2) is 6.27. The van der Waals surface area contributed by atoms with Crippen molar-refractivity contribution in [3.8, 4) is 0 Å². The lowest BCUT2D eigenvalue weighted by molar-refractivity contribution is -0.383. The Hall–Kier alpha value is -2.21. The molecule has 1 aliphatic heterocycles. The average Bonchev–Trinajstić information content (AvgIpc) is 3.04. The molecule has 0 N–H and O–H groups in total. The van der Waals surface area contributed by atoms with E-state index in [-0.39, 0.29) is 16.7 Å². The minimum atomic E-state index is -0.357. The van der Waals surface area contributed by atoms with Crippen LogP contribution in [0.4, 0.5) is 11.4 Å². The van der Waals surface area contributed by atoms with Crippen molar-refractivity contribution < 1.29 is 9.66 Å². The molecule has 6 nitrogen and oxygen atoms in total. The predicted molar refractivity (Wildman–Crippen MR) is 85.3 cm³/mol. The predicted octanol–water partition coefficient (Wildman–Crippen LogP) is 3.15. The van der Waals surface area contributed by atoms with Crippen LogP contribution in [0.25, 0.3) is 10.8 Å². The van der Waals surface area contributed by atoms with Crippen molar-refractivity contribution in [2.75, 3.05) is 24.6 Å². The molecule has 116 valence electrons. The summed E-state index contributed by atoms with van der Waals surface area (Å²) in [6.07, 6.45) is 5.66. The van der Waals surface area contributed by atoms with Gasteiger partial charge >= 0.3 is 0 Å². The van der Waals surface area contributed by atoms with Crippen LogP contribution < -0.4 is 4.90 Å². The quantitative estimate of drug-likeness (QED) is 0.627. The first-order chi connectivity index (χ1) is 10.7. The number of fused-ring (bicyclic) bond motifs is 1. The fraction of sp³-hybridized carbons (Fsp3) is 0.438. The van der Waals surface area contributed by atoms with Gasteiger partial charge in [0.05, 0.1) is 16.4 Å². The molecule has 0 saturated carbocycles. The summed E-state index contributed by atoms with van der Waals surface area (Å²) in [6, 6.07) is 5.24. The summed E-state index contributed by atoms with van der Waals surface area (Å²) in [5, 5.41) is 12.6. The molecule has 1 aromatic carbocycles. The molecular formula is C16H19N3O3. The van der Waals surface area contributed by atoms with E-state index in [1.54, 1.807) is 18.5 Å². The van der Waals surface area contributed by atoms with Crippen molar-refractivity contribution in [3.05, 3.63) is 40.7 Å². The van der Waals surface area contributed by atoms with E-state index in [2.05, 4.69) is 16.8 Å². The summed E-state index contributed by atoms with van der Waals surface area (Å²) in [7, 11) is 0. The number of nitrogens with zero attached hydrogens (tertiary/aromatic N) is 3. The minimum absolute atomic E-state index is 0.0972. The Morgan fingerprint density at radius 1 is 1.41 bits per heavy atom. The van der Waals surface area contributed by atoms with E-state index in [0.717, 1.165) is 43.6 Å². The number of non-ortho nitro benzene ring substituents is 1. The molecule has 2 aromatic rings. The van der Waals surface area contributed by atoms with Crippen LogP contribution >= 0.6 is 0 Å². The summed E-state index contributed by atoms with van der Waals surface area (Å²) < 4.78 is 5.72. The fourth-order valence-electron chi connectivity index (χ4n) is 3.03.